The molecule has 7 aromatic rings. The zero-order chi connectivity index (χ0) is 53.3. The Balaban J connectivity index is 0.732. The summed E-state index contributed by atoms with van der Waals surface area (Å²) in [4.78, 5) is 44.3. The third-order valence-electron chi connectivity index (χ3n) is 15.4. The molecule has 3 atom stereocenters. The number of rotatable bonds is 20. The highest BCUT2D eigenvalue weighted by molar-refractivity contribution is 7.13. The van der Waals surface area contributed by atoms with Gasteiger partial charge in [0.1, 0.15) is 26.3 Å². The molecule has 1 N–H and O–H groups in total. The zero-order valence-electron chi connectivity index (χ0n) is 44.9. The Morgan fingerprint density at radius 1 is 0.740 bits per heavy atom. The molecule has 0 radical (unpaired) electrons. The first-order chi connectivity index (χ1) is 37.1. The summed E-state index contributed by atoms with van der Waals surface area (Å²) < 4.78 is 29.8. The average molecular weight is 1070 g/mol. The summed E-state index contributed by atoms with van der Waals surface area (Å²) in [6, 6.07) is 39.5. The third-order valence-corrected chi connectivity index (χ3v) is 17.2. The van der Waals surface area contributed by atoms with Gasteiger partial charge in [-0.05, 0) is 105 Å². The van der Waals surface area contributed by atoms with E-state index in [4.69, 9.17) is 33.7 Å². The predicted octanol–water partition coefficient (Wildman–Crippen LogP) is 12.2. The van der Waals surface area contributed by atoms with E-state index in [9.17, 15) is 9.59 Å². The number of thiazole rings is 2. The minimum absolute atomic E-state index is 0.119. The molecule has 4 aliphatic rings. The molecule has 1 saturated heterocycles. The molecule has 3 aliphatic heterocycles. The summed E-state index contributed by atoms with van der Waals surface area (Å²) in [6.07, 6.45) is 5.25. The highest BCUT2D eigenvalue weighted by Crippen LogP contribution is 2.53. The number of hydrogen-bond acceptors (Lipinski definition) is 13. The van der Waals surface area contributed by atoms with Crippen LogP contribution in [0.2, 0.25) is 0 Å². The fraction of sp³-hybridized carbons (Fsp3) is 0.387. The molecule has 15 heteroatoms. The smallest absolute Gasteiger partial charge is 0.271 e. The number of ether oxygens (including phenoxy) is 5. The molecule has 13 nitrogen and oxygen atoms in total. The van der Waals surface area contributed by atoms with Crippen LogP contribution in [0.15, 0.2) is 127 Å². The highest BCUT2D eigenvalue weighted by atomic mass is 32.1. The van der Waals surface area contributed by atoms with Crippen LogP contribution >= 0.6 is 22.7 Å². The van der Waals surface area contributed by atoms with Gasteiger partial charge in [-0.2, -0.15) is 0 Å². The van der Waals surface area contributed by atoms with E-state index in [0.29, 0.717) is 57.9 Å². The van der Waals surface area contributed by atoms with E-state index in [1.807, 2.05) is 60.0 Å². The van der Waals surface area contributed by atoms with Crippen molar-refractivity contribution >= 4 is 34.5 Å². The number of fused-ring (bicyclic) bond motifs is 4. The van der Waals surface area contributed by atoms with Gasteiger partial charge in [-0.1, -0.05) is 113 Å². The van der Waals surface area contributed by atoms with E-state index >= 15 is 0 Å². The second kappa shape index (κ2) is 21.9. The number of amides is 2. The van der Waals surface area contributed by atoms with Crippen LogP contribution in [-0.2, 0) is 51.2 Å². The quantitative estimate of drug-likeness (QED) is 0.0783. The van der Waals surface area contributed by atoms with Gasteiger partial charge in [0.05, 0.1) is 26.4 Å². The second-order valence-electron chi connectivity index (χ2n) is 23.1. The standard InChI is InChI=1S/C62H68N6O7S2/c1-60(2)26-47-27-62(5,38-60)39-68(47)59(70)54-30-63-55(77-54)35-66(33-44-16-22-50-52(24-44)73-40-72-50)31-42-12-18-46(19-13-42)61(3,4)28-57-74-51-23-17-45(25-53(51)75-57)34-67(32-43-14-20-48(71-6)21-15-43)36-56-65-49(37-76-56)58(69)64-29-41-10-8-7-9-11-41/h7-25,30,37,47,57H,26-29,31-36,38-40H2,1-6H3,(H,64,69). The zero-order valence-corrected chi connectivity index (χ0v) is 46.5. The van der Waals surface area contributed by atoms with E-state index in [-0.39, 0.29) is 40.9 Å². The van der Waals surface area contributed by atoms with Crippen LogP contribution in [0, 0.1) is 10.8 Å². The summed E-state index contributed by atoms with van der Waals surface area (Å²) in [6.45, 7) is 16.8. The van der Waals surface area contributed by atoms with Gasteiger partial charge in [0.2, 0.25) is 13.1 Å². The fourth-order valence-electron chi connectivity index (χ4n) is 12.0. The molecule has 77 heavy (non-hydrogen) atoms. The maximum Gasteiger partial charge on any atom is 0.271 e. The lowest BCUT2D eigenvalue weighted by atomic mass is 9.65. The molecule has 5 aromatic carbocycles. The maximum absolute atomic E-state index is 14.1. The lowest BCUT2D eigenvalue weighted by Gasteiger charge is -2.39. The van der Waals surface area contributed by atoms with Crippen molar-refractivity contribution in [1.82, 2.24) is 30.0 Å². The summed E-state index contributed by atoms with van der Waals surface area (Å²) >= 11 is 3.01. The van der Waals surface area contributed by atoms with Crippen LogP contribution in [0.5, 0.6) is 28.7 Å². The van der Waals surface area contributed by atoms with E-state index < -0.39 is 6.29 Å². The Hall–Kier alpha value is -6.78. The third kappa shape index (κ3) is 12.5. The van der Waals surface area contributed by atoms with Crippen molar-refractivity contribution in [3.63, 3.8) is 0 Å². The molecule has 3 unspecified atom stereocenters. The first-order valence-corrected chi connectivity index (χ1v) is 28.3. The number of hydrogen-bond donors (Lipinski definition) is 1. The lowest BCUT2D eigenvalue weighted by molar-refractivity contribution is 0.0248. The van der Waals surface area contributed by atoms with Gasteiger partial charge in [0, 0.05) is 57.1 Å². The molecule has 11 rings (SSSR count). The van der Waals surface area contributed by atoms with E-state index in [0.717, 1.165) is 91.7 Å². The van der Waals surface area contributed by atoms with Crippen LogP contribution in [0.1, 0.15) is 124 Å². The summed E-state index contributed by atoms with van der Waals surface area (Å²) in [7, 11) is 1.67. The van der Waals surface area contributed by atoms with Gasteiger partial charge < -0.3 is 33.9 Å². The molecule has 2 bridgehead atoms. The topological polar surface area (TPSA) is 128 Å². The van der Waals surface area contributed by atoms with Crippen molar-refractivity contribution in [1.29, 1.82) is 0 Å². The lowest BCUT2D eigenvalue weighted by Crippen LogP contribution is -2.37. The van der Waals surface area contributed by atoms with Crippen LogP contribution in [0.3, 0.4) is 0 Å². The summed E-state index contributed by atoms with van der Waals surface area (Å²) in [5.41, 5.74) is 7.27. The molecule has 0 spiro atoms. The largest absolute Gasteiger partial charge is 0.497 e. The normalized spacial score (nSPS) is 19.0. The SMILES string of the molecule is COc1ccc(CN(Cc2ccc3c(c2)OC(CC(C)(C)c2ccc(CN(Cc4ccc5c(c4)OCO5)Cc4ncc(C(=O)N5CC6(C)CC5CC(C)(C)C6)s4)cc2)O3)Cc2nc(C(=O)NCc3ccccc3)cs2)cc1. The van der Waals surface area contributed by atoms with Crippen molar-refractivity contribution in [2.24, 2.45) is 10.8 Å². The molecular formula is C62H68N6O7S2. The van der Waals surface area contributed by atoms with Crippen molar-refractivity contribution in [2.45, 2.75) is 124 Å². The Kier molecular flexibility index (Phi) is 14.9. The van der Waals surface area contributed by atoms with Gasteiger partial charge >= 0.3 is 0 Å². The van der Waals surface area contributed by atoms with Crippen LogP contribution in [0.4, 0.5) is 0 Å². The molecule has 5 heterocycles. The predicted molar refractivity (Wildman–Crippen MR) is 299 cm³/mol. The van der Waals surface area contributed by atoms with Crippen molar-refractivity contribution in [2.75, 3.05) is 20.4 Å². The highest BCUT2D eigenvalue weighted by Gasteiger charge is 2.51. The molecule has 1 saturated carbocycles. The Morgan fingerprint density at radius 2 is 1.38 bits per heavy atom. The van der Waals surface area contributed by atoms with Gasteiger partial charge in [-0.15, -0.1) is 22.7 Å². The number of nitrogens with one attached hydrogen (secondary N) is 1. The average Bonchev–Trinajstić information content (AvgIpc) is 4.34. The number of likely N-dealkylation sites (tertiary alicyclic amines) is 1. The van der Waals surface area contributed by atoms with E-state index in [1.165, 1.54) is 33.8 Å². The number of nitrogens with zero attached hydrogens (tertiary/aromatic N) is 5. The Morgan fingerprint density at radius 3 is 2.10 bits per heavy atom. The van der Waals surface area contributed by atoms with Gasteiger partial charge in [-0.3, -0.25) is 19.4 Å². The van der Waals surface area contributed by atoms with Gasteiger partial charge in [0.25, 0.3) is 11.8 Å². The van der Waals surface area contributed by atoms with Crippen LogP contribution in [0.25, 0.3) is 0 Å². The minimum Gasteiger partial charge on any atom is -0.497 e. The number of carbonyl (C=O) groups excluding carboxylic acids is 2. The number of carbonyl (C=O) groups is 2. The van der Waals surface area contributed by atoms with E-state index in [1.54, 1.807) is 13.3 Å². The molecule has 1 aliphatic carbocycles. The van der Waals surface area contributed by atoms with Crippen molar-refractivity contribution < 1.29 is 33.3 Å². The van der Waals surface area contributed by atoms with Crippen molar-refractivity contribution in [3.8, 4) is 28.7 Å². The molecule has 2 aromatic heterocycles. The Labute approximate surface area is 460 Å². The first-order valence-electron chi connectivity index (χ1n) is 26.6. The van der Waals surface area contributed by atoms with Crippen molar-refractivity contribution in [3.05, 3.63) is 181 Å². The van der Waals surface area contributed by atoms with E-state index in [2.05, 4.69) is 115 Å². The monoisotopic (exact) mass is 1070 g/mol. The van der Waals surface area contributed by atoms with Crippen LogP contribution in [-0.4, -0.2) is 69.3 Å². The maximum atomic E-state index is 14.1. The fourth-order valence-corrected chi connectivity index (χ4v) is 13.8. The number of benzene rings is 5. The first kappa shape index (κ1) is 52.3. The molecule has 400 valence electrons. The van der Waals surface area contributed by atoms with Gasteiger partial charge in [0.15, 0.2) is 23.0 Å². The summed E-state index contributed by atoms with van der Waals surface area (Å²) in [5.74, 6) is 3.71. The van der Waals surface area contributed by atoms with Crippen LogP contribution < -0.4 is 29.0 Å². The molecule has 2 fully saturated rings. The minimum atomic E-state index is -0.459. The Bertz CT molecular complexity index is 3210. The molecular weight excluding hydrogens is 1000 g/mol. The number of aromatic nitrogens is 2. The number of methoxy groups -OCH3 is 1. The van der Waals surface area contributed by atoms with Gasteiger partial charge in [-0.25, -0.2) is 9.97 Å². The second-order valence-corrected chi connectivity index (χ2v) is 25.2. The molecule has 2 amide bonds. The summed E-state index contributed by atoms with van der Waals surface area (Å²) in [5, 5.41) is 6.61.